The van der Waals surface area contributed by atoms with Crippen LogP contribution in [0.3, 0.4) is 0 Å². The molecule has 0 radical (unpaired) electrons. The molecule has 1 aliphatic rings. The number of halogens is 1. The molecule has 0 spiro atoms. The standard InChI is InChI=1S/C14H20BrNO/c1-10-4-5-13(12(15)8-10)16-7-6-11(17)9-14(16,2)3/h4-5,8,11,17H,6-7,9H2,1-3H3. The zero-order chi connectivity index (χ0) is 12.6. The lowest BCUT2D eigenvalue weighted by Crippen LogP contribution is -2.51. The number of rotatable bonds is 1. The third-order valence-electron chi connectivity index (χ3n) is 3.55. The summed E-state index contributed by atoms with van der Waals surface area (Å²) in [5.74, 6) is 0. The van der Waals surface area contributed by atoms with Gasteiger partial charge in [0.05, 0.1) is 11.8 Å². The molecule has 0 amide bonds. The Hall–Kier alpha value is -0.540. The van der Waals surface area contributed by atoms with E-state index in [9.17, 15) is 5.11 Å². The average Bonchev–Trinajstić information content (AvgIpc) is 2.18. The van der Waals surface area contributed by atoms with E-state index < -0.39 is 0 Å². The quantitative estimate of drug-likeness (QED) is 0.858. The number of aliphatic hydroxyl groups is 1. The van der Waals surface area contributed by atoms with Crippen LogP contribution in [0.25, 0.3) is 0 Å². The fraction of sp³-hybridized carbons (Fsp3) is 0.571. The van der Waals surface area contributed by atoms with Gasteiger partial charge in [-0.1, -0.05) is 6.07 Å². The molecule has 2 nitrogen and oxygen atoms in total. The summed E-state index contributed by atoms with van der Waals surface area (Å²) >= 11 is 3.65. The summed E-state index contributed by atoms with van der Waals surface area (Å²) in [7, 11) is 0. The summed E-state index contributed by atoms with van der Waals surface area (Å²) in [6.45, 7) is 7.40. The molecule has 94 valence electrons. The van der Waals surface area contributed by atoms with Gasteiger partial charge in [0.1, 0.15) is 0 Å². The minimum atomic E-state index is -0.162. The molecule has 2 rings (SSSR count). The van der Waals surface area contributed by atoms with Gasteiger partial charge in [0.15, 0.2) is 0 Å². The van der Waals surface area contributed by atoms with Crippen molar-refractivity contribution in [2.24, 2.45) is 0 Å². The molecule has 1 aliphatic heterocycles. The highest BCUT2D eigenvalue weighted by atomic mass is 79.9. The molecular weight excluding hydrogens is 278 g/mol. The van der Waals surface area contributed by atoms with Crippen LogP contribution in [0.2, 0.25) is 0 Å². The summed E-state index contributed by atoms with van der Waals surface area (Å²) < 4.78 is 1.14. The van der Waals surface area contributed by atoms with Gasteiger partial charge < -0.3 is 10.0 Å². The maximum absolute atomic E-state index is 9.78. The predicted molar refractivity (Wildman–Crippen MR) is 75.5 cm³/mol. The van der Waals surface area contributed by atoms with E-state index in [4.69, 9.17) is 0 Å². The van der Waals surface area contributed by atoms with Gasteiger partial charge in [0.25, 0.3) is 0 Å². The molecule has 1 N–H and O–H groups in total. The fourth-order valence-electron chi connectivity index (χ4n) is 2.65. The van der Waals surface area contributed by atoms with Crippen molar-refractivity contribution in [2.45, 2.75) is 45.3 Å². The van der Waals surface area contributed by atoms with Gasteiger partial charge in [0.2, 0.25) is 0 Å². The number of hydrogen-bond donors (Lipinski definition) is 1. The lowest BCUT2D eigenvalue weighted by Gasteiger charge is -2.46. The Morgan fingerprint density at radius 1 is 1.41 bits per heavy atom. The van der Waals surface area contributed by atoms with E-state index >= 15 is 0 Å². The molecule has 17 heavy (non-hydrogen) atoms. The Morgan fingerprint density at radius 3 is 2.71 bits per heavy atom. The highest BCUT2D eigenvalue weighted by molar-refractivity contribution is 9.10. The first-order chi connectivity index (χ1) is 7.90. The van der Waals surface area contributed by atoms with Crippen molar-refractivity contribution in [3.8, 4) is 0 Å². The van der Waals surface area contributed by atoms with E-state index in [0.29, 0.717) is 0 Å². The topological polar surface area (TPSA) is 23.5 Å². The molecular formula is C14H20BrNO. The van der Waals surface area contributed by atoms with Crippen LogP contribution in [0.4, 0.5) is 5.69 Å². The first-order valence-corrected chi connectivity index (χ1v) is 6.91. The number of benzene rings is 1. The molecule has 3 heteroatoms. The summed E-state index contributed by atoms with van der Waals surface area (Å²) in [5, 5.41) is 9.78. The minimum absolute atomic E-state index is 0.00937. The maximum atomic E-state index is 9.78. The number of aliphatic hydroxyl groups excluding tert-OH is 1. The van der Waals surface area contributed by atoms with Crippen LogP contribution in [0, 0.1) is 6.92 Å². The van der Waals surface area contributed by atoms with Gasteiger partial charge in [0, 0.05) is 16.6 Å². The average molecular weight is 298 g/mol. The molecule has 0 bridgehead atoms. The number of piperidine rings is 1. The van der Waals surface area contributed by atoms with Gasteiger partial charge in [-0.05, 0) is 67.2 Å². The Balaban J connectivity index is 2.33. The molecule has 1 heterocycles. The lowest BCUT2D eigenvalue weighted by atomic mass is 9.88. The molecule has 1 saturated heterocycles. The second-order valence-electron chi connectivity index (χ2n) is 5.57. The van der Waals surface area contributed by atoms with E-state index in [0.717, 1.165) is 23.9 Å². The maximum Gasteiger partial charge on any atom is 0.0579 e. The highest BCUT2D eigenvalue weighted by Crippen LogP contribution is 2.37. The molecule has 0 aliphatic carbocycles. The molecule has 1 unspecified atom stereocenters. The number of nitrogens with zero attached hydrogens (tertiary/aromatic N) is 1. The molecule has 1 fully saturated rings. The molecule has 0 saturated carbocycles. The first kappa shape index (κ1) is 12.9. The summed E-state index contributed by atoms with van der Waals surface area (Å²) in [6.07, 6.45) is 1.52. The van der Waals surface area contributed by atoms with Crippen molar-refractivity contribution in [1.29, 1.82) is 0 Å². The van der Waals surface area contributed by atoms with Crippen molar-refractivity contribution in [2.75, 3.05) is 11.4 Å². The van der Waals surface area contributed by atoms with Crippen molar-refractivity contribution in [1.82, 2.24) is 0 Å². The number of anilines is 1. The third kappa shape index (κ3) is 2.66. The molecule has 0 aromatic heterocycles. The molecule has 1 atom stereocenters. The number of hydrogen-bond acceptors (Lipinski definition) is 2. The largest absolute Gasteiger partial charge is 0.393 e. The smallest absolute Gasteiger partial charge is 0.0579 e. The van der Waals surface area contributed by atoms with E-state index in [-0.39, 0.29) is 11.6 Å². The first-order valence-electron chi connectivity index (χ1n) is 6.12. The monoisotopic (exact) mass is 297 g/mol. The van der Waals surface area contributed by atoms with Crippen molar-refractivity contribution < 1.29 is 5.11 Å². The van der Waals surface area contributed by atoms with Crippen LogP contribution in [-0.4, -0.2) is 23.3 Å². The Bertz CT molecular complexity index is 417. The lowest BCUT2D eigenvalue weighted by molar-refractivity contribution is 0.107. The van der Waals surface area contributed by atoms with E-state index in [1.165, 1.54) is 11.3 Å². The Kier molecular flexibility index (Phi) is 3.50. The van der Waals surface area contributed by atoms with Crippen molar-refractivity contribution in [3.05, 3.63) is 28.2 Å². The fourth-order valence-corrected chi connectivity index (χ4v) is 3.35. The van der Waals surface area contributed by atoms with Gasteiger partial charge in [-0.25, -0.2) is 0 Å². The van der Waals surface area contributed by atoms with Crippen LogP contribution in [0.15, 0.2) is 22.7 Å². The van der Waals surface area contributed by atoms with Crippen LogP contribution in [-0.2, 0) is 0 Å². The number of aryl methyl sites for hydroxylation is 1. The zero-order valence-electron chi connectivity index (χ0n) is 10.7. The second-order valence-corrected chi connectivity index (χ2v) is 6.42. The Morgan fingerprint density at radius 2 is 2.12 bits per heavy atom. The van der Waals surface area contributed by atoms with E-state index in [2.05, 4.69) is 59.8 Å². The highest BCUT2D eigenvalue weighted by Gasteiger charge is 2.34. The second kappa shape index (κ2) is 4.62. The minimum Gasteiger partial charge on any atom is -0.393 e. The van der Waals surface area contributed by atoms with E-state index in [1.807, 2.05) is 0 Å². The van der Waals surface area contributed by atoms with E-state index in [1.54, 1.807) is 0 Å². The molecule has 1 aromatic rings. The van der Waals surface area contributed by atoms with Crippen LogP contribution in [0.5, 0.6) is 0 Å². The normalized spacial score (nSPS) is 23.8. The molecule has 1 aromatic carbocycles. The van der Waals surface area contributed by atoms with Crippen molar-refractivity contribution in [3.63, 3.8) is 0 Å². The van der Waals surface area contributed by atoms with Gasteiger partial charge in [-0.2, -0.15) is 0 Å². The van der Waals surface area contributed by atoms with Crippen LogP contribution >= 0.6 is 15.9 Å². The third-order valence-corrected chi connectivity index (χ3v) is 4.18. The summed E-state index contributed by atoms with van der Waals surface area (Å²) in [5.41, 5.74) is 2.50. The SMILES string of the molecule is Cc1ccc(N2CCC(O)CC2(C)C)c(Br)c1. The predicted octanol–water partition coefficient (Wildman–Crippen LogP) is 3.50. The van der Waals surface area contributed by atoms with Gasteiger partial charge in [-0.15, -0.1) is 0 Å². The van der Waals surface area contributed by atoms with Crippen LogP contribution < -0.4 is 4.90 Å². The Labute approximate surface area is 112 Å². The summed E-state index contributed by atoms with van der Waals surface area (Å²) in [4.78, 5) is 2.39. The van der Waals surface area contributed by atoms with Gasteiger partial charge in [-0.3, -0.25) is 0 Å². The zero-order valence-corrected chi connectivity index (χ0v) is 12.3. The van der Waals surface area contributed by atoms with Crippen LogP contribution in [0.1, 0.15) is 32.3 Å². The summed E-state index contributed by atoms with van der Waals surface area (Å²) in [6, 6.07) is 6.45. The van der Waals surface area contributed by atoms with Gasteiger partial charge >= 0.3 is 0 Å². The van der Waals surface area contributed by atoms with Crippen molar-refractivity contribution >= 4 is 21.6 Å².